The molecule has 0 spiro atoms. The van der Waals surface area contributed by atoms with E-state index in [2.05, 4.69) is 21.3 Å². The Kier molecular flexibility index (Phi) is 5.59. The number of nitrogens with zero attached hydrogens (tertiary/aromatic N) is 4. The SMILES string of the molecule is Cc1cc(C#N)cnc1N1CCN(C(=O)c2ccc([C@@H]3C(=O)NCC3C)cc2F)CC1. The fourth-order valence-corrected chi connectivity index (χ4v) is 4.38. The third-order valence-corrected chi connectivity index (χ3v) is 6.08. The van der Waals surface area contributed by atoms with E-state index in [4.69, 9.17) is 5.26 Å². The van der Waals surface area contributed by atoms with Crippen molar-refractivity contribution in [2.75, 3.05) is 37.6 Å². The molecule has 3 heterocycles. The van der Waals surface area contributed by atoms with Gasteiger partial charge in [0.05, 0.1) is 17.0 Å². The first-order valence-corrected chi connectivity index (χ1v) is 10.4. The van der Waals surface area contributed by atoms with Crippen molar-refractivity contribution in [3.8, 4) is 6.07 Å². The summed E-state index contributed by atoms with van der Waals surface area (Å²) in [5.41, 5.74) is 2.05. The largest absolute Gasteiger partial charge is 0.355 e. The Balaban J connectivity index is 1.44. The quantitative estimate of drug-likeness (QED) is 0.821. The topological polar surface area (TPSA) is 89.3 Å². The van der Waals surface area contributed by atoms with Gasteiger partial charge in [0.1, 0.15) is 17.7 Å². The molecular formula is C23H24FN5O2. The fourth-order valence-electron chi connectivity index (χ4n) is 4.38. The van der Waals surface area contributed by atoms with E-state index in [0.29, 0.717) is 43.9 Å². The van der Waals surface area contributed by atoms with Crippen LogP contribution in [0.3, 0.4) is 0 Å². The molecule has 2 fully saturated rings. The molecule has 0 aliphatic carbocycles. The van der Waals surface area contributed by atoms with E-state index in [-0.39, 0.29) is 29.2 Å². The molecule has 1 aromatic heterocycles. The van der Waals surface area contributed by atoms with Crippen molar-refractivity contribution < 1.29 is 14.0 Å². The number of halogens is 1. The Morgan fingerprint density at radius 1 is 1.26 bits per heavy atom. The van der Waals surface area contributed by atoms with E-state index >= 15 is 0 Å². The zero-order valence-corrected chi connectivity index (χ0v) is 17.6. The van der Waals surface area contributed by atoms with Gasteiger partial charge in [0, 0.05) is 38.9 Å². The number of pyridine rings is 1. The van der Waals surface area contributed by atoms with E-state index < -0.39 is 5.82 Å². The van der Waals surface area contributed by atoms with E-state index in [1.54, 1.807) is 23.2 Å². The van der Waals surface area contributed by atoms with E-state index in [0.717, 1.165) is 11.4 Å². The molecule has 1 N–H and O–H groups in total. The molecule has 31 heavy (non-hydrogen) atoms. The van der Waals surface area contributed by atoms with Gasteiger partial charge in [-0.3, -0.25) is 9.59 Å². The lowest BCUT2D eigenvalue weighted by Gasteiger charge is -2.36. The molecule has 160 valence electrons. The first-order valence-electron chi connectivity index (χ1n) is 10.4. The highest BCUT2D eigenvalue weighted by molar-refractivity contribution is 5.95. The smallest absolute Gasteiger partial charge is 0.256 e. The minimum atomic E-state index is -0.596. The maximum absolute atomic E-state index is 14.8. The monoisotopic (exact) mass is 421 g/mol. The standard InChI is InChI=1S/C23H24FN5O2/c1-14-9-16(11-25)13-26-21(14)28-5-7-29(8-6-28)23(31)18-4-3-17(10-19(18)24)20-15(2)12-27-22(20)30/h3-4,9-10,13,15,20H,5-8,12H2,1-2H3,(H,27,30)/t15?,20-/m1/s1. The first kappa shape index (κ1) is 20.8. The molecule has 2 aromatic rings. The summed E-state index contributed by atoms with van der Waals surface area (Å²) in [4.78, 5) is 33.0. The Morgan fingerprint density at radius 3 is 2.58 bits per heavy atom. The van der Waals surface area contributed by atoms with Gasteiger partial charge >= 0.3 is 0 Å². The number of hydrogen-bond acceptors (Lipinski definition) is 5. The molecule has 4 rings (SSSR count). The summed E-state index contributed by atoms with van der Waals surface area (Å²) in [7, 11) is 0. The normalized spacial score (nSPS) is 21.0. The first-order chi connectivity index (χ1) is 14.9. The Morgan fingerprint density at radius 2 is 2.00 bits per heavy atom. The highest BCUT2D eigenvalue weighted by Crippen LogP contribution is 2.30. The van der Waals surface area contributed by atoms with E-state index in [1.807, 2.05) is 13.8 Å². The molecule has 0 radical (unpaired) electrons. The van der Waals surface area contributed by atoms with Crippen LogP contribution in [0.4, 0.5) is 10.2 Å². The zero-order chi connectivity index (χ0) is 22.1. The highest BCUT2D eigenvalue weighted by Gasteiger charge is 2.34. The van der Waals surface area contributed by atoms with Crippen LogP contribution in [0.25, 0.3) is 0 Å². The number of rotatable bonds is 3. The Labute approximate surface area is 180 Å². The molecule has 1 aromatic carbocycles. The van der Waals surface area contributed by atoms with Crippen LogP contribution in [0.5, 0.6) is 0 Å². The number of aromatic nitrogens is 1. The predicted molar refractivity (Wildman–Crippen MR) is 113 cm³/mol. The second-order valence-corrected chi connectivity index (χ2v) is 8.19. The molecule has 2 aliphatic heterocycles. The van der Waals surface area contributed by atoms with Crippen molar-refractivity contribution in [1.29, 1.82) is 5.26 Å². The summed E-state index contributed by atoms with van der Waals surface area (Å²) < 4.78 is 14.8. The van der Waals surface area contributed by atoms with Gasteiger partial charge in [-0.15, -0.1) is 0 Å². The van der Waals surface area contributed by atoms with Crippen molar-refractivity contribution in [3.05, 3.63) is 58.5 Å². The van der Waals surface area contributed by atoms with Gasteiger partial charge in [-0.2, -0.15) is 5.26 Å². The minimum absolute atomic E-state index is 0.0240. The fraction of sp³-hybridized carbons (Fsp3) is 0.391. The lowest BCUT2D eigenvalue weighted by atomic mass is 9.89. The van der Waals surface area contributed by atoms with Gasteiger partial charge < -0.3 is 15.1 Å². The van der Waals surface area contributed by atoms with Crippen LogP contribution in [0.1, 0.15) is 39.9 Å². The van der Waals surface area contributed by atoms with Gasteiger partial charge in [-0.1, -0.05) is 13.0 Å². The molecule has 7 nitrogen and oxygen atoms in total. The molecule has 2 aliphatic rings. The predicted octanol–water partition coefficient (Wildman–Crippen LogP) is 2.21. The summed E-state index contributed by atoms with van der Waals surface area (Å²) >= 11 is 0. The van der Waals surface area contributed by atoms with Gasteiger partial charge in [-0.05, 0) is 42.2 Å². The van der Waals surface area contributed by atoms with Gasteiger partial charge in [0.15, 0.2) is 0 Å². The molecule has 1 unspecified atom stereocenters. The van der Waals surface area contributed by atoms with Crippen LogP contribution in [-0.2, 0) is 4.79 Å². The van der Waals surface area contributed by atoms with Crippen LogP contribution in [0, 0.1) is 30.0 Å². The molecule has 2 atom stereocenters. The maximum Gasteiger partial charge on any atom is 0.256 e. The summed E-state index contributed by atoms with van der Waals surface area (Å²) in [6, 6.07) is 8.36. The Bertz CT molecular complexity index is 1070. The molecule has 2 amide bonds. The third-order valence-electron chi connectivity index (χ3n) is 6.08. The molecule has 0 bridgehead atoms. The summed E-state index contributed by atoms with van der Waals surface area (Å²) in [6.07, 6.45) is 1.54. The maximum atomic E-state index is 14.8. The molecule has 8 heteroatoms. The van der Waals surface area contributed by atoms with Crippen molar-refractivity contribution in [2.45, 2.75) is 19.8 Å². The van der Waals surface area contributed by atoms with Gasteiger partial charge in [-0.25, -0.2) is 9.37 Å². The highest BCUT2D eigenvalue weighted by atomic mass is 19.1. The third kappa shape index (κ3) is 3.96. The number of amides is 2. The lowest BCUT2D eigenvalue weighted by molar-refractivity contribution is -0.120. The number of nitriles is 1. The number of anilines is 1. The van der Waals surface area contributed by atoms with Crippen molar-refractivity contribution in [3.63, 3.8) is 0 Å². The number of benzene rings is 1. The number of carbonyl (C=O) groups is 2. The van der Waals surface area contributed by atoms with Crippen molar-refractivity contribution >= 4 is 17.6 Å². The van der Waals surface area contributed by atoms with Gasteiger partial charge in [0.25, 0.3) is 5.91 Å². The number of carbonyl (C=O) groups excluding carboxylic acids is 2. The molecule has 0 saturated carbocycles. The number of aryl methyl sites for hydroxylation is 1. The molecule has 2 saturated heterocycles. The second kappa shape index (κ2) is 8.34. The van der Waals surface area contributed by atoms with Gasteiger partial charge in [0.2, 0.25) is 5.91 Å². The van der Waals surface area contributed by atoms with Crippen LogP contribution in [0.2, 0.25) is 0 Å². The number of piperazine rings is 1. The zero-order valence-electron chi connectivity index (χ0n) is 17.6. The minimum Gasteiger partial charge on any atom is -0.355 e. The average molecular weight is 421 g/mol. The second-order valence-electron chi connectivity index (χ2n) is 8.19. The van der Waals surface area contributed by atoms with E-state index in [9.17, 15) is 14.0 Å². The van der Waals surface area contributed by atoms with Crippen LogP contribution >= 0.6 is 0 Å². The van der Waals surface area contributed by atoms with Crippen molar-refractivity contribution in [1.82, 2.24) is 15.2 Å². The van der Waals surface area contributed by atoms with E-state index in [1.165, 1.54) is 12.1 Å². The van der Waals surface area contributed by atoms with Crippen LogP contribution in [0.15, 0.2) is 30.5 Å². The number of hydrogen-bond donors (Lipinski definition) is 1. The summed E-state index contributed by atoms with van der Waals surface area (Å²) in [5, 5.41) is 11.8. The van der Waals surface area contributed by atoms with Crippen LogP contribution in [-0.4, -0.2) is 54.4 Å². The van der Waals surface area contributed by atoms with Crippen molar-refractivity contribution in [2.24, 2.45) is 5.92 Å². The number of nitrogens with one attached hydrogen (secondary N) is 1. The average Bonchev–Trinajstić information content (AvgIpc) is 3.11. The summed E-state index contributed by atoms with van der Waals surface area (Å²) in [6.45, 7) is 6.47. The lowest BCUT2D eigenvalue weighted by Crippen LogP contribution is -2.49. The Hall–Kier alpha value is -3.47. The van der Waals surface area contributed by atoms with Crippen LogP contribution < -0.4 is 10.2 Å². The molecular weight excluding hydrogens is 397 g/mol. The summed E-state index contributed by atoms with van der Waals surface area (Å²) in [5.74, 6) is -0.552.